The molecule has 0 spiro atoms. The summed E-state index contributed by atoms with van der Waals surface area (Å²) in [5.41, 5.74) is -0.391. The molecule has 1 aliphatic rings. The van der Waals surface area contributed by atoms with Gasteiger partial charge in [-0.15, -0.1) is 11.3 Å². The standard InChI is InChI=1S/C13H16N2O4S/c1-19-12(17)7-9-13(18)14-10(20-9)8-11(16)15-5-3-2-4-6-15/h7-8H,2-6H2,1H3,(H,14,18)/b9-7-,10-8-. The van der Waals surface area contributed by atoms with E-state index in [1.165, 1.54) is 13.2 Å². The van der Waals surface area contributed by atoms with Gasteiger partial charge in [0.1, 0.15) is 9.20 Å². The van der Waals surface area contributed by atoms with Gasteiger partial charge in [-0.2, -0.15) is 0 Å². The number of ether oxygens (including phenoxy) is 1. The molecule has 1 aliphatic heterocycles. The van der Waals surface area contributed by atoms with Crippen molar-refractivity contribution in [1.29, 1.82) is 0 Å². The number of hydrogen-bond acceptors (Lipinski definition) is 5. The van der Waals surface area contributed by atoms with Crippen LogP contribution in [-0.2, 0) is 14.3 Å². The predicted molar refractivity (Wildman–Crippen MR) is 75.6 cm³/mol. The van der Waals surface area contributed by atoms with Gasteiger partial charge in [-0.05, 0) is 19.3 Å². The van der Waals surface area contributed by atoms with Crippen molar-refractivity contribution in [3.05, 3.63) is 19.5 Å². The fraction of sp³-hybridized carbons (Fsp3) is 0.462. The van der Waals surface area contributed by atoms with Gasteiger partial charge in [-0.3, -0.25) is 9.59 Å². The van der Waals surface area contributed by atoms with Crippen molar-refractivity contribution < 1.29 is 14.3 Å². The maximum Gasteiger partial charge on any atom is 0.332 e. The number of H-pyrrole nitrogens is 1. The highest BCUT2D eigenvalue weighted by molar-refractivity contribution is 7.07. The van der Waals surface area contributed by atoms with E-state index in [2.05, 4.69) is 9.72 Å². The number of hydrogen-bond donors (Lipinski definition) is 1. The van der Waals surface area contributed by atoms with Crippen LogP contribution in [0, 0.1) is 0 Å². The van der Waals surface area contributed by atoms with Gasteiger partial charge in [0.2, 0.25) is 5.91 Å². The smallest absolute Gasteiger partial charge is 0.332 e. The van der Waals surface area contributed by atoms with Crippen LogP contribution in [0.25, 0.3) is 12.2 Å². The molecule has 0 unspecified atom stereocenters. The second-order valence-corrected chi connectivity index (χ2v) is 5.57. The van der Waals surface area contributed by atoms with Crippen molar-refractivity contribution >= 4 is 35.4 Å². The lowest BCUT2D eigenvalue weighted by Gasteiger charge is -2.25. The summed E-state index contributed by atoms with van der Waals surface area (Å²) in [5.74, 6) is -0.696. The first-order chi connectivity index (χ1) is 9.60. The van der Waals surface area contributed by atoms with Crippen molar-refractivity contribution in [2.24, 2.45) is 0 Å². The third-order valence-corrected chi connectivity index (χ3v) is 4.02. The molecule has 0 radical (unpaired) electrons. The molecule has 0 bridgehead atoms. The zero-order valence-corrected chi connectivity index (χ0v) is 12.0. The van der Waals surface area contributed by atoms with E-state index in [0.29, 0.717) is 4.66 Å². The van der Waals surface area contributed by atoms with Crippen LogP contribution < -0.4 is 14.8 Å². The Labute approximate surface area is 119 Å². The number of carbonyl (C=O) groups is 2. The minimum Gasteiger partial charge on any atom is -0.466 e. The Morgan fingerprint density at radius 3 is 2.60 bits per heavy atom. The van der Waals surface area contributed by atoms with Gasteiger partial charge in [0, 0.05) is 25.2 Å². The number of likely N-dealkylation sites (tertiary alicyclic amines) is 1. The Morgan fingerprint density at radius 1 is 1.25 bits per heavy atom. The van der Waals surface area contributed by atoms with Crippen molar-refractivity contribution in [3.8, 4) is 0 Å². The van der Waals surface area contributed by atoms with Gasteiger partial charge >= 0.3 is 5.97 Å². The highest BCUT2D eigenvalue weighted by Crippen LogP contribution is 2.08. The molecule has 1 amide bonds. The summed E-state index contributed by atoms with van der Waals surface area (Å²) in [6.07, 6.45) is 5.71. The summed E-state index contributed by atoms with van der Waals surface area (Å²) in [7, 11) is 1.24. The highest BCUT2D eigenvalue weighted by atomic mass is 32.1. The van der Waals surface area contributed by atoms with E-state index >= 15 is 0 Å². The minimum absolute atomic E-state index is 0.105. The van der Waals surface area contributed by atoms with Crippen molar-refractivity contribution in [2.45, 2.75) is 19.3 Å². The largest absolute Gasteiger partial charge is 0.466 e. The molecule has 0 aromatic carbocycles. The van der Waals surface area contributed by atoms with Gasteiger partial charge in [-0.25, -0.2) is 4.79 Å². The first-order valence-corrected chi connectivity index (χ1v) is 7.21. The quantitative estimate of drug-likeness (QED) is 0.723. The lowest BCUT2D eigenvalue weighted by atomic mass is 10.1. The van der Waals surface area contributed by atoms with E-state index in [9.17, 15) is 14.4 Å². The summed E-state index contributed by atoms with van der Waals surface area (Å²) >= 11 is 1.07. The molecule has 1 aromatic rings. The van der Waals surface area contributed by atoms with Crippen LogP contribution >= 0.6 is 11.3 Å². The monoisotopic (exact) mass is 296 g/mol. The molecule has 0 aliphatic carbocycles. The van der Waals surface area contributed by atoms with Crippen LogP contribution in [-0.4, -0.2) is 42.0 Å². The number of nitrogens with zero attached hydrogens (tertiary/aromatic N) is 1. The first-order valence-electron chi connectivity index (χ1n) is 6.39. The van der Waals surface area contributed by atoms with Gasteiger partial charge in [0.15, 0.2) is 0 Å². The third kappa shape index (κ3) is 3.57. The Balaban J connectivity index is 2.25. The summed E-state index contributed by atoms with van der Waals surface area (Å²) < 4.78 is 5.14. The number of rotatable bonds is 2. The van der Waals surface area contributed by atoms with Gasteiger partial charge in [0.25, 0.3) is 5.56 Å². The normalized spacial score (nSPS) is 17.4. The van der Waals surface area contributed by atoms with Crippen LogP contribution in [0.2, 0.25) is 0 Å². The molecule has 0 atom stereocenters. The van der Waals surface area contributed by atoms with E-state index in [-0.39, 0.29) is 10.4 Å². The van der Waals surface area contributed by atoms with Gasteiger partial charge in [0.05, 0.1) is 7.11 Å². The van der Waals surface area contributed by atoms with Crippen LogP contribution in [0.5, 0.6) is 0 Å². The fourth-order valence-corrected chi connectivity index (χ4v) is 2.85. The molecule has 1 N–H and O–H groups in total. The summed E-state index contributed by atoms with van der Waals surface area (Å²) in [5, 5.41) is 0. The van der Waals surface area contributed by atoms with Crippen molar-refractivity contribution in [1.82, 2.24) is 9.88 Å². The van der Waals surface area contributed by atoms with E-state index in [4.69, 9.17) is 0 Å². The lowest BCUT2D eigenvalue weighted by molar-refractivity contribution is -0.133. The molecule has 6 nitrogen and oxygen atoms in total. The van der Waals surface area contributed by atoms with Crippen LogP contribution in [0.4, 0.5) is 0 Å². The maximum atomic E-state index is 12.0. The Hall–Kier alpha value is -1.89. The average Bonchev–Trinajstić information content (AvgIpc) is 2.79. The molecule has 108 valence electrons. The van der Waals surface area contributed by atoms with Crippen molar-refractivity contribution in [3.63, 3.8) is 0 Å². The molecule has 1 fully saturated rings. The maximum absolute atomic E-state index is 12.0. The summed E-state index contributed by atoms with van der Waals surface area (Å²) in [6, 6.07) is 0. The number of aromatic amines is 1. The number of carbonyl (C=O) groups excluding carboxylic acids is 2. The van der Waals surface area contributed by atoms with E-state index in [0.717, 1.165) is 49.8 Å². The minimum atomic E-state index is -0.591. The Morgan fingerprint density at radius 2 is 1.95 bits per heavy atom. The second-order valence-electron chi connectivity index (χ2n) is 4.48. The van der Waals surface area contributed by atoms with Crippen molar-refractivity contribution in [2.75, 3.05) is 20.2 Å². The number of amides is 1. The number of thiazole rings is 1. The zero-order valence-electron chi connectivity index (χ0n) is 11.2. The Kier molecular flexibility index (Phi) is 4.73. The predicted octanol–water partition coefficient (Wildman–Crippen LogP) is -0.817. The number of nitrogens with one attached hydrogen (secondary N) is 1. The first kappa shape index (κ1) is 14.5. The van der Waals surface area contributed by atoms with E-state index in [1.54, 1.807) is 4.90 Å². The molecule has 2 heterocycles. The van der Waals surface area contributed by atoms with Gasteiger partial charge < -0.3 is 14.6 Å². The van der Waals surface area contributed by atoms with Crippen LogP contribution in [0.1, 0.15) is 19.3 Å². The molecule has 20 heavy (non-hydrogen) atoms. The van der Waals surface area contributed by atoms with Gasteiger partial charge in [-0.1, -0.05) is 0 Å². The molecule has 1 aromatic heterocycles. The number of esters is 1. The molecular formula is C13H16N2O4S. The number of methoxy groups -OCH3 is 1. The highest BCUT2D eigenvalue weighted by Gasteiger charge is 2.14. The topological polar surface area (TPSA) is 79.5 Å². The fourth-order valence-electron chi connectivity index (χ4n) is 2.01. The molecular weight excluding hydrogens is 280 g/mol. The molecule has 1 saturated heterocycles. The molecule has 2 rings (SSSR count). The second kappa shape index (κ2) is 6.51. The lowest BCUT2D eigenvalue weighted by Crippen LogP contribution is -2.35. The number of piperidine rings is 1. The van der Waals surface area contributed by atoms with Crippen LogP contribution in [0.15, 0.2) is 4.79 Å². The van der Waals surface area contributed by atoms with E-state index in [1.807, 2.05) is 0 Å². The molecule has 7 heteroatoms. The molecule has 0 saturated carbocycles. The SMILES string of the molecule is COC(=O)/C=c1\s/c(=C\C(=O)N2CCCCC2)[nH]c1=O. The third-order valence-electron chi connectivity index (χ3n) is 3.05. The summed E-state index contributed by atoms with van der Waals surface area (Å²) in [4.78, 5) is 39.1. The Bertz CT molecular complexity index is 667. The van der Waals surface area contributed by atoms with Crippen LogP contribution in [0.3, 0.4) is 0 Å². The zero-order chi connectivity index (χ0) is 14.5. The van der Waals surface area contributed by atoms with E-state index < -0.39 is 11.5 Å². The summed E-state index contributed by atoms with van der Waals surface area (Å²) in [6.45, 7) is 1.51. The number of aromatic nitrogens is 1. The average molecular weight is 296 g/mol.